The van der Waals surface area contributed by atoms with Crippen LogP contribution in [0.25, 0.3) is 0 Å². The van der Waals surface area contributed by atoms with E-state index in [4.69, 9.17) is 17.3 Å². The van der Waals surface area contributed by atoms with E-state index >= 15 is 0 Å². The van der Waals surface area contributed by atoms with Crippen LogP contribution in [0.15, 0.2) is 12.3 Å². The van der Waals surface area contributed by atoms with Crippen LogP contribution in [0.1, 0.15) is 11.5 Å². The number of halogens is 1. The maximum Gasteiger partial charge on any atom is 0.180 e. The third-order valence-corrected chi connectivity index (χ3v) is 2.05. The van der Waals surface area contributed by atoms with Gasteiger partial charge in [-0.3, -0.25) is 4.98 Å². The number of nitrogens with two attached hydrogens (primary N) is 1. The van der Waals surface area contributed by atoms with Gasteiger partial charge < -0.3 is 5.73 Å². The van der Waals surface area contributed by atoms with Gasteiger partial charge in [-0.15, -0.1) is 10.2 Å². The third kappa shape index (κ3) is 2.21. The molecule has 0 amide bonds. The second kappa shape index (κ2) is 3.82. The highest BCUT2D eigenvalue weighted by Crippen LogP contribution is 2.16. The van der Waals surface area contributed by atoms with E-state index in [9.17, 15) is 0 Å². The summed E-state index contributed by atoms with van der Waals surface area (Å²) in [5.41, 5.74) is 6.98. The summed E-state index contributed by atoms with van der Waals surface area (Å²) in [7, 11) is 1.70. The molecule has 0 atom stereocenters. The molecular formula is C8H9ClN6. The number of anilines is 1. The Bertz CT molecular complexity index is 480. The van der Waals surface area contributed by atoms with Crippen LogP contribution in [0.2, 0.25) is 5.02 Å². The van der Waals surface area contributed by atoms with Crippen LogP contribution in [0.5, 0.6) is 0 Å². The van der Waals surface area contributed by atoms with Crippen molar-refractivity contribution in [3.8, 4) is 0 Å². The first kappa shape index (κ1) is 9.85. The molecule has 0 saturated carbocycles. The minimum Gasteiger partial charge on any atom is -0.397 e. The van der Waals surface area contributed by atoms with Crippen LogP contribution in [-0.4, -0.2) is 25.2 Å². The molecule has 78 valence electrons. The molecule has 7 heteroatoms. The summed E-state index contributed by atoms with van der Waals surface area (Å²) in [6.07, 6.45) is 2.00. The van der Waals surface area contributed by atoms with Crippen molar-refractivity contribution in [3.63, 3.8) is 0 Å². The van der Waals surface area contributed by atoms with Gasteiger partial charge in [0.1, 0.15) is 0 Å². The monoisotopic (exact) mass is 224 g/mol. The highest BCUT2D eigenvalue weighted by molar-refractivity contribution is 6.30. The zero-order chi connectivity index (χ0) is 10.8. The average molecular weight is 225 g/mol. The molecule has 2 N–H and O–H groups in total. The lowest BCUT2D eigenvalue weighted by Gasteiger charge is -2.01. The quantitative estimate of drug-likeness (QED) is 0.800. The summed E-state index contributed by atoms with van der Waals surface area (Å²) in [5.74, 6) is 0.582. The lowest BCUT2D eigenvalue weighted by molar-refractivity contribution is 0.628. The number of nitrogen functional groups attached to an aromatic ring is 1. The molecule has 2 aromatic rings. The molecule has 0 fully saturated rings. The van der Waals surface area contributed by atoms with Crippen molar-refractivity contribution in [1.82, 2.24) is 25.2 Å². The van der Waals surface area contributed by atoms with E-state index in [2.05, 4.69) is 20.4 Å². The first-order chi connectivity index (χ1) is 7.15. The molecule has 6 nitrogen and oxygen atoms in total. The zero-order valence-corrected chi connectivity index (χ0v) is 8.81. The maximum atomic E-state index is 5.75. The third-order valence-electron chi connectivity index (χ3n) is 1.85. The van der Waals surface area contributed by atoms with Crippen LogP contribution in [0, 0.1) is 0 Å². The predicted molar refractivity (Wildman–Crippen MR) is 55.3 cm³/mol. The van der Waals surface area contributed by atoms with Gasteiger partial charge in [-0.05, 0) is 11.3 Å². The summed E-state index contributed by atoms with van der Waals surface area (Å²) in [6, 6.07) is 1.65. The van der Waals surface area contributed by atoms with Gasteiger partial charge in [0.2, 0.25) is 0 Å². The smallest absolute Gasteiger partial charge is 0.180 e. The Kier molecular flexibility index (Phi) is 2.51. The van der Waals surface area contributed by atoms with Gasteiger partial charge in [0.05, 0.1) is 29.9 Å². The second-order valence-corrected chi connectivity index (χ2v) is 3.50. The fourth-order valence-electron chi connectivity index (χ4n) is 1.17. The molecule has 0 aliphatic rings. The summed E-state index contributed by atoms with van der Waals surface area (Å²) in [5, 5.41) is 12.1. The molecule has 2 aromatic heterocycles. The summed E-state index contributed by atoms with van der Waals surface area (Å²) in [6.45, 7) is 0. The molecule has 2 heterocycles. The molecule has 2 rings (SSSR count). The van der Waals surface area contributed by atoms with Gasteiger partial charge in [0.15, 0.2) is 5.82 Å². The molecular weight excluding hydrogens is 216 g/mol. The van der Waals surface area contributed by atoms with Crippen molar-refractivity contribution in [2.75, 3.05) is 5.73 Å². The Morgan fingerprint density at radius 2 is 2.33 bits per heavy atom. The van der Waals surface area contributed by atoms with E-state index < -0.39 is 0 Å². The minimum absolute atomic E-state index is 0.455. The Hall–Kier alpha value is -1.69. The Morgan fingerprint density at radius 1 is 1.53 bits per heavy atom. The van der Waals surface area contributed by atoms with Gasteiger partial charge in [-0.2, -0.15) is 4.80 Å². The van der Waals surface area contributed by atoms with Crippen LogP contribution < -0.4 is 5.73 Å². The van der Waals surface area contributed by atoms with E-state index in [1.165, 1.54) is 4.80 Å². The van der Waals surface area contributed by atoms with Crippen LogP contribution in [0.4, 0.5) is 5.69 Å². The molecule has 0 bridgehead atoms. The van der Waals surface area contributed by atoms with Gasteiger partial charge >= 0.3 is 0 Å². The zero-order valence-electron chi connectivity index (χ0n) is 8.05. The van der Waals surface area contributed by atoms with E-state index in [1.807, 2.05) is 0 Å². The van der Waals surface area contributed by atoms with E-state index in [0.717, 1.165) is 0 Å². The van der Waals surface area contributed by atoms with Crippen molar-refractivity contribution in [2.24, 2.45) is 7.05 Å². The highest BCUT2D eigenvalue weighted by Gasteiger charge is 2.07. The fraction of sp³-hybridized carbons (Fsp3) is 0.250. The number of pyridine rings is 1. The number of tetrazole rings is 1. The summed E-state index contributed by atoms with van der Waals surface area (Å²) in [4.78, 5) is 5.50. The van der Waals surface area contributed by atoms with E-state index in [1.54, 1.807) is 19.3 Å². The molecule has 0 spiro atoms. The lowest BCUT2D eigenvalue weighted by Crippen LogP contribution is -2.01. The number of hydrogen-bond donors (Lipinski definition) is 1. The number of aryl methyl sites for hydroxylation is 1. The average Bonchev–Trinajstić information content (AvgIpc) is 2.56. The van der Waals surface area contributed by atoms with Crippen molar-refractivity contribution >= 4 is 17.3 Å². The molecule has 0 saturated heterocycles. The maximum absolute atomic E-state index is 5.75. The van der Waals surface area contributed by atoms with E-state index in [-0.39, 0.29) is 0 Å². The van der Waals surface area contributed by atoms with Crippen molar-refractivity contribution in [1.29, 1.82) is 0 Å². The van der Waals surface area contributed by atoms with E-state index in [0.29, 0.717) is 28.6 Å². The molecule has 0 radical (unpaired) electrons. The van der Waals surface area contributed by atoms with Crippen molar-refractivity contribution < 1.29 is 0 Å². The molecule has 0 aromatic carbocycles. The van der Waals surface area contributed by atoms with Crippen molar-refractivity contribution in [2.45, 2.75) is 6.42 Å². The van der Waals surface area contributed by atoms with Crippen LogP contribution >= 0.6 is 11.6 Å². The lowest BCUT2D eigenvalue weighted by atomic mass is 10.2. The van der Waals surface area contributed by atoms with Crippen LogP contribution in [-0.2, 0) is 13.5 Å². The summed E-state index contributed by atoms with van der Waals surface area (Å²) < 4.78 is 0. The minimum atomic E-state index is 0.455. The van der Waals surface area contributed by atoms with Gasteiger partial charge in [-0.25, -0.2) is 0 Å². The first-order valence-corrected chi connectivity index (χ1v) is 4.65. The normalized spacial score (nSPS) is 10.5. The Balaban J connectivity index is 2.24. The standard InChI is InChI=1S/C8H9ClN6/c1-15-13-8(12-14-15)3-7-6(10)2-5(9)4-11-7/h2,4H,3,10H2,1H3. The van der Waals surface area contributed by atoms with Gasteiger partial charge in [0, 0.05) is 6.20 Å². The fourth-order valence-corrected chi connectivity index (χ4v) is 1.34. The second-order valence-electron chi connectivity index (χ2n) is 3.06. The number of nitrogens with zero attached hydrogens (tertiary/aromatic N) is 5. The Morgan fingerprint density at radius 3 is 2.93 bits per heavy atom. The summed E-state index contributed by atoms with van der Waals surface area (Å²) >= 11 is 5.73. The van der Waals surface area contributed by atoms with Gasteiger partial charge in [-0.1, -0.05) is 11.6 Å². The number of rotatable bonds is 2. The first-order valence-electron chi connectivity index (χ1n) is 4.28. The molecule has 0 aliphatic heterocycles. The van der Waals surface area contributed by atoms with Crippen LogP contribution in [0.3, 0.4) is 0 Å². The molecule has 15 heavy (non-hydrogen) atoms. The Labute approximate surface area is 91.1 Å². The number of hydrogen-bond acceptors (Lipinski definition) is 5. The largest absolute Gasteiger partial charge is 0.397 e. The topological polar surface area (TPSA) is 82.5 Å². The molecule has 0 unspecified atom stereocenters. The molecule has 0 aliphatic carbocycles. The predicted octanol–water partition coefficient (Wildman–Crippen LogP) is 0.431. The van der Waals surface area contributed by atoms with Crippen molar-refractivity contribution in [3.05, 3.63) is 28.8 Å². The van der Waals surface area contributed by atoms with Gasteiger partial charge in [0.25, 0.3) is 0 Å². The highest BCUT2D eigenvalue weighted by atomic mass is 35.5. The number of aromatic nitrogens is 5. The SMILES string of the molecule is Cn1nnc(Cc2ncc(Cl)cc2N)n1.